The Balaban J connectivity index is 1.64. The van der Waals surface area contributed by atoms with Gasteiger partial charge >= 0.3 is 0 Å². The van der Waals surface area contributed by atoms with E-state index in [2.05, 4.69) is 39.8 Å². The second-order valence-corrected chi connectivity index (χ2v) is 7.89. The molecule has 0 bridgehead atoms. The van der Waals surface area contributed by atoms with Crippen LogP contribution in [0.25, 0.3) is 0 Å². The van der Waals surface area contributed by atoms with Crippen LogP contribution in [-0.2, 0) is 23.4 Å². The second-order valence-electron chi connectivity index (χ2n) is 7.89. The van der Waals surface area contributed by atoms with Gasteiger partial charge in [0, 0.05) is 26.2 Å². The largest absolute Gasteiger partial charge is 0.463 e. The van der Waals surface area contributed by atoms with Gasteiger partial charge in [0.1, 0.15) is 17.1 Å². The Kier molecular flexibility index (Phi) is 7.90. The van der Waals surface area contributed by atoms with Crippen LogP contribution >= 0.6 is 0 Å². The lowest BCUT2D eigenvalue weighted by atomic mass is 10.0. The van der Waals surface area contributed by atoms with Crippen molar-refractivity contribution in [2.24, 2.45) is 4.99 Å². The van der Waals surface area contributed by atoms with E-state index >= 15 is 0 Å². The van der Waals surface area contributed by atoms with Crippen LogP contribution in [0.2, 0.25) is 0 Å². The second kappa shape index (κ2) is 10.6. The van der Waals surface area contributed by atoms with E-state index in [1.165, 1.54) is 11.1 Å². The Labute approximate surface area is 179 Å². The maximum Gasteiger partial charge on any atom is 0.191 e. The summed E-state index contributed by atoms with van der Waals surface area (Å²) in [7, 11) is 0. The molecule has 0 radical (unpaired) electrons. The quantitative estimate of drug-likeness (QED) is 0.455. The number of aliphatic hydroxyl groups is 1. The van der Waals surface area contributed by atoms with Gasteiger partial charge in [-0.1, -0.05) is 24.3 Å². The van der Waals surface area contributed by atoms with E-state index in [0.29, 0.717) is 24.8 Å². The van der Waals surface area contributed by atoms with E-state index in [4.69, 9.17) is 14.1 Å². The number of ether oxygens (including phenoxy) is 1. The van der Waals surface area contributed by atoms with Gasteiger partial charge in [0.25, 0.3) is 0 Å². The lowest BCUT2D eigenvalue weighted by Crippen LogP contribution is -2.44. The summed E-state index contributed by atoms with van der Waals surface area (Å²) < 4.78 is 11.0. The Hall–Kier alpha value is -2.35. The van der Waals surface area contributed by atoms with Gasteiger partial charge < -0.3 is 24.9 Å². The molecule has 0 spiro atoms. The molecule has 1 aliphatic heterocycles. The summed E-state index contributed by atoms with van der Waals surface area (Å²) in [6, 6.07) is 12.1. The molecule has 2 heterocycles. The molecule has 1 fully saturated rings. The minimum atomic E-state index is -1.13. The first-order chi connectivity index (χ1) is 14.5. The average molecular weight is 415 g/mol. The van der Waals surface area contributed by atoms with Crippen molar-refractivity contribution in [1.82, 2.24) is 15.5 Å². The van der Waals surface area contributed by atoms with Crippen molar-refractivity contribution in [2.45, 2.75) is 39.5 Å². The van der Waals surface area contributed by atoms with Crippen LogP contribution in [0.1, 0.15) is 36.5 Å². The molecule has 3 rings (SSSR count). The molecular weight excluding hydrogens is 380 g/mol. The van der Waals surface area contributed by atoms with Crippen molar-refractivity contribution in [3.8, 4) is 0 Å². The molecule has 1 aromatic carbocycles. The number of morpholine rings is 1. The summed E-state index contributed by atoms with van der Waals surface area (Å²) in [5.74, 6) is 1.99. The first-order valence-electron chi connectivity index (χ1n) is 10.7. The fourth-order valence-corrected chi connectivity index (χ4v) is 3.44. The molecule has 7 nitrogen and oxygen atoms in total. The molecule has 7 heteroatoms. The standard InChI is InChI=1S/C23H34N4O3/c1-4-24-22(26-17-23(3,28)21-10-9-18(2)30-21)25-15-19-7-5-6-8-20(19)16-27-11-13-29-14-12-27/h5-10,28H,4,11-17H2,1-3H3,(H2,24,25,26). The van der Waals surface area contributed by atoms with E-state index < -0.39 is 5.60 Å². The molecule has 3 N–H and O–H groups in total. The number of guanidine groups is 1. The van der Waals surface area contributed by atoms with Gasteiger partial charge in [-0.15, -0.1) is 0 Å². The topological polar surface area (TPSA) is 82.3 Å². The molecular formula is C23H34N4O3. The van der Waals surface area contributed by atoms with Gasteiger partial charge in [0.05, 0.1) is 26.3 Å². The van der Waals surface area contributed by atoms with Crippen LogP contribution in [0.4, 0.5) is 0 Å². The number of aryl methyl sites for hydroxylation is 1. The minimum absolute atomic E-state index is 0.293. The fraction of sp³-hybridized carbons (Fsp3) is 0.522. The van der Waals surface area contributed by atoms with Crippen LogP contribution in [0.15, 0.2) is 45.8 Å². The number of rotatable bonds is 8. The molecule has 1 atom stereocenters. The maximum atomic E-state index is 10.8. The van der Waals surface area contributed by atoms with Crippen LogP contribution in [0, 0.1) is 6.92 Å². The SMILES string of the molecule is CCNC(=NCc1ccccc1CN1CCOCC1)NCC(C)(O)c1ccc(C)o1. The number of nitrogens with zero attached hydrogens (tertiary/aromatic N) is 2. The monoisotopic (exact) mass is 414 g/mol. The van der Waals surface area contributed by atoms with Crippen molar-refractivity contribution in [3.05, 3.63) is 59.0 Å². The summed E-state index contributed by atoms with van der Waals surface area (Å²) in [5.41, 5.74) is 1.37. The van der Waals surface area contributed by atoms with Crippen molar-refractivity contribution in [1.29, 1.82) is 0 Å². The molecule has 0 aliphatic carbocycles. The molecule has 0 saturated carbocycles. The highest BCUT2D eigenvalue weighted by Crippen LogP contribution is 2.22. The average Bonchev–Trinajstić information content (AvgIpc) is 3.19. The number of nitrogens with one attached hydrogen (secondary N) is 2. The Morgan fingerprint density at radius 3 is 2.53 bits per heavy atom. The van der Waals surface area contributed by atoms with E-state index in [1.54, 1.807) is 6.92 Å². The first kappa shape index (κ1) is 22.3. The lowest BCUT2D eigenvalue weighted by Gasteiger charge is -2.27. The number of hydrogen-bond acceptors (Lipinski definition) is 5. The molecule has 1 saturated heterocycles. The van der Waals surface area contributed by atoms with Crippen molar-refractivity contribution >= 4 is 5.96 Å². The molecule has 2 aromatic rings. The molecule has 164 valence electrons. The zero-order chi connectivity index (χ0) is 21.4. The minimum Gasteiger partial charge on any atom is -0.463 e. The number of hydrogen-bond donors (Lipinski definition) is 3. The van der Waals surface area contributed by atoms with Crippen LogP contribution in [-0.4, -0.2) is 55.4 Å². The molecule has 1 aromatic heterocycles. The van der Waals surface area contributed by atoms with Crippen LogP contribution < -0.4 is 10.6 Å². The first-order valence-corrected chi connectivity index (χ1v) is 10.7. The van der Waals surface area contributed by atoms with Gasteiger partial charge in [-0.05, 0) is 44.0 Å². The van der Waals surface area contributed by atoms with Crippen molar-refractivity contribution < 1.29 is 14.3 Å². The highest BCUT2D eigenvalue weighted by Gasteiger charge is 2.27. The third-order valence-corrected chi connectivity index (χ3v) is 5.24. The summed E-state index contributed by atoms with van der Waals surface area (Å²) in [4.78, 5) is 7.16. The van der Waals surface area contributed by atoms with Crippen LogP contribution in [0.3, 0.4) is 0 Å². The Morgan fingerprint density at radius 2 is 1.87 bits per heavy atom. The summed E-state index contributed by atoms with van der Waals surface area (Å²) in [5, 5.41) is 17.3. The third-order valence-electron chi connectivity index (χ3n) is 5.24. The van der Waals surface area contributed by atoms with Gasteiger partial charge in [-0.2, -0.15) is 0 Å². The summed E-state index contributed by atoms with van der Waals surface area (Å²) in [6.07, 6.45) is 0. The lowest BCUT2D eigenvalue weighted by molar-refractivity contribution is 0.0340. The smallest absolute Gasteiger partial charge is 0.191 e. The van der Waals surface area contributed by atoms with Gasteiger partial charge in [-0.3, -0.25) is 4.90 Å². The van der Waals surface area contributed by atoms with E-state index in [9.17, 15) is 5.11 Å². The summed E-state index contributed by atoms with van der Waals surface area (Å²) in [6.45, 7) is 11.7. The zero-order valence-corrected chi connectivity index (χ0v) is 18.3. The Morgan fingerprint density at radius 1 is 1.13 bits per heavy atom. The normalized spacial score (nSPS) is 17.5. The number of benzene rings is 1. The number of aliphatic imine (C=N–C) groups is 1. The zero-order valence-electron chi connectivity index (χ0n) is 18.3. The third kappa shape index (κ3) is 6.32. The fourth-order valence-electron chi connectivity index (χ4n) is 3.44. The van der Waals surface area contributed by atoms with E-state index in [1.807, 2.05) is 26.0 Å². The van der Waals surface area contributed by atoms with Gasteiger partial charge in [-0.25, -0.2) is 4.99 Å². The van der Waals surface area contributed by atoms with E-state index in [-0.39, 0.29) is 0 Å². The number of furan rings is 1. The van der Waals surface area contributed by atoms with E-state index in [0.717, 1.165) is 45.2 Å². The summed E-state index contributed by atoms with van der Waals surface area (Å²) >= 11 is 0. The Bertz CT molecular complexity index is 825. The predicted molar refractivity (Wildman–Crippen MR) is 118 cm³/mol. The van der Waals surface area contributed by atoms with Gasteiger partial charge in [0.2, 0.25) is 0 Å². The molecule has 0 amide bonds. The molecule has 1 aliphatic rings. The predicted octanol–water partition coefficient (Wildman–Crippen LogP) is 2.38. The van der Waals surface area contributed by atoms with Crippen LogP contribution in [0.5, 0.6) is 0 Å². The van der Waals surface area contributed by atoms with Crippen molar-refractivity contribution in [2.75, 3.05) is 39.4 Å². The molecule has 30 heavy (non-hydrogen) atoms. The maximum absolute atomic E-state index is 10.8. The molecule has 1 unspecified atom stereocenters. The highest BCUT2D eigenvalue weighted by atomic mass is 16.5. The van der Waals surface area contributed by atoms with Gasteiger partial charge in [0.15, 0.2) is 5.96 Å². The highest BCUT2D eigenvalue weighted by molar-refractivity contribution is 5.79. The van der Waals surface area contributed by atoms with Crippen molar-refractivity contribution in [3.63, 3.8) is 0 Å².